The van der Waals surface area contributed by atoms with E-state index in [9.17, 15) is 40.0 Å². The molecule has 73 heavy (non-hydrogen) atoms. The van der Waals surface area contributed by atoms with Crippen LogP contribution in [0.1, 0.15) is 167 Å². The number of non-ortho nitro benzene ring substituents is 2. The van der Waals surface area contributed by atoms with Gasteiger partial charge in [0.05, 0.1) is 19.9 Å². The number of rotatable bonds is 20. The number of carbonyl (C=O) groups is 2. The molecule has 4 fully saturated rings. The summed E-state index contributed by atoms with van der Waals surface area (Å²) in [6.45, 7) is 12.1. The molecule has 4 aromatic rings. The van der Waals surface area contributed by atoms with Gasteiger partial charge in [0.1, 0.15) is 24.3 Å². The molecule has 390 valence electrons. The first kappa shape index (κ1) is 53.8. The molecule has 0 heterocycles. The molecule has 8 rings (SSSR count). The summed E-state index contributed by atoms with van der Waals surface area (Å²) in [4.78, 5) is 47.7. The molecule has 0 amide bonds. The number of benzene rings is 4. The minimum atomic E-state index is -1.33. The van der Waals surface area contributed by atoms with Crippen molar-refractivity contribution >= 4 is 52.1 Å². The zero-order chi connectivity index (χ0) is 52.4. The van der Waals surface area contributed by atoms with E-state index in [4.69, 9.17) is 32.7 Å². The Kier molecular flexibility index (Phi) is 16.6. The highest BCUT2D eigenvalue weighted by Crippen LogP contribution is 2.69. The number of hydrogen-bond donors (Lipinski definition) is 2. The maximum Gasteiger partial charge on any atom is 0.339 e. The van der Waals surface area contributed by atoms with Gasteiger partial charge in [0, 0.05) is 24.3 Å². The molecule has 0 spiro atoms. The van der Waals surface area contributed by atoms with Crippen molar-refractivity contribution in [2.24, 2.45) is 58.2 Å². The predicted molar refractivity (Wildman–Crippen MR) is 285 cm³/mol. The van der Waals surface area contributed by atoms with E-state index in [0.717, 1.165) is 54.8 Å². The maximum atomic E-state index is 12.9. The third-order valence-corrected chi connectivity index (χ3v) is 18.6. The summed E-state index contributed by atoms with van der Waals surface area (Å²) in [5, 5.41) is 43.9. The normalized spacial score (nSPS) is 25.7. The van der Waals surface area contributed by atoms with Crippen LogP contribution in [0.4, 0.5) is 11.4 Å². The van der Waals surface area contributed by atoms with Gasteiger partial charge in [-0.25, -0.2) is 9.59 Å². The Morgan fingerprint density at radius 2 is 1.27 bits per heavy atom. The van der Waals surface area contributed by atoms with Gasteiger partial charge in [-0.15, -0.1) is 0 Å². The number of carboxylic acids is 2. The SMILES string of the molecule is CC(C)CCC[C@@H](C)[C@H]1CC[C@H]2[C@@H]3CC[C@H]4C[C@@H](CCC=C(c5cc(Cl)c(OCc6cccc([N+](=O)[O-])c6)c(C(=O)O)c5)c5cc(Cl)c(OCc6cccc([N+](=O)[O-])c6)c(C(=O)O)c5)CC[C@]4(C)[C@H]3CC[C@]12C. The summed E-state index contributed by atoms with van der Waals surface area (Å²) >= 11 is 13.8. The van der Waals surface area contributed by atoms with E-state index < -0.39 is 21.8 Å². The number of nitro groups is 2. The fraction of sp³-hybridized carbons (Fsp3) is 0.525. The van der Waals surface area contributed by atoms with Crippen LogP contribution in [0.25, 0.3) is 5.57 Å². The van der Waals surface area contributed by atoms with Crippen molar-refractivity contribution < 1.29 is 39.1 Å². The van der Waals surface area contributed by atoms with Crippen molar-refractivity contribution in [1.29, 1.82) is 0 Å². The first-order valence-electron chi connectivity index (χ1n) is 26.3. The predicted octanol–water partition coefficient (Wildman–Crippen LogP) is 16.3. The number of hydrogen-bond acceptors (Lipinski definition) is 8. The topological polar surface area (TPSA) is 179 Å². The van der Waals surface area contributed by atoms with Crippen LogP contribution in [-0.4, -0.2) is 32.0 Å². The van der Waals surface area contributed by atoms with Crippen molar-refractivity contribution in [3.05, 3.63) is 143 Å². The number of nitrogens with zero attached hydrogens (tertiary/aromatic N) is 2. The molecule has 2 N–H and O–H groups in total. The fourth-order valence-corrected chi connectivity index (χ4v) is 15.0. The van der Waals surface area contributed by atoms with Gasteiger partial charge in [-0.05, 0) is 181 Å². The van der Waals surface area contributed by atoms with Crippen molar-refractivity contribution in [3.8, 4) is 11.5 Å². The maximum absolute atomic E-state index is 12.9. The van der Waals surface area contributed by atoms with Crippen molar-refractivity contribution in [2.75, 3.05) is 0 Å². The van der Waals surface area contributed by atoms with E-state index in [1.165, 1.54) is 113 Å². The molecular formula is C59H70Cl2N2O10. The van der Waals surface area contributed by atoms with Crippen LogP contribution in [0.15, 0.2) is 78.9 Å². The second kappa shape index (κ2) is 22.6. The van der Waals surface area contributed by atoms with Gasteiger partial charge in [-0.3, -0.25) is 20.2 Å². The van der Waals surface area contributed by atoms with Gasteiger partial charge in [0.2, 0.25) is 0 Å². The highest BCUT2D eigenvalue weighted by Gasteiger charge is 2.60. The van der Waals surface area contributed by atoms with Crippen LogP contribution < -0.4 is 9.47 Å². The Bertz CT molecular complexity index is 2630. The molecule has 0 radical (unpaired) electrons. The van der Waals surface area contributed by atoms with Crippen LogP contribution in [0.5, 0.6) is 11.5 Å². The molecule has 4 aliphatic carbocycles. The Morgan fingerprint density at radius 3 is 1.81 bits per heavy atom. The van der Waals surface area contributed by atoms with E-state index >= 15 is 0 Å². The molecule has 4 aliphatic rings. The first-order chi connectivity index (χ1) is 34.8. The third-order valence-electron chi connectivity index (χ3n) is 18.1. The molecule has 0 aliphatic heterocycles. The number of fused-ring (bicyclic) bond motifs is 5. The smallest absolute Gasteiger partial charge is 0.339 e. The molecular weight excluding hydrogens is 968 g/mol. The lowest BCUT2D eigenvalue weighted by atomic mass is 9.44. The van der Waals surface area contributed by atoms with E-state index in [-0.39, 0.29) is 57.3 Å². The van der Waals surface area contributed by atoms with Gasteiger partial charge in [-0.2, -0.15) is 0 Å². The van der Waals surface area contributed by atoms with E-state index in [2.05, 4.69) is 34.6 Å². The van der Waals surface area contributed by atoms with E-state index in [1.807, 2.05) is 6.08 Å². The second-order valence-corrected chi connectivity index (χ2v) is 23.5. The van der Waals surface area contributed by atoms with Gasteiger partial charge >= 0.3 is 11.9 Å². The lowest BCUT2D eigenvalue weighted by molar-refractivity contribution is -0.385. The minimum absolute atomic E-state index is 0.0258. The highest BCUT2D eigenvalue weighted by molar-refractivity contribution is 6.33. The second-order valence-electron chi connectivity index (χ2n) is 22.7. The fourth-order valence-electron chi connectivity index (χ4n) is 14.4. The average Bonchev–Trinajstić information content (AvgIpc) is 3.71. The lowest BCUT2D eigenvalue weighted by Crippen LogP contribution is -2.53. The largest absolute Gasteiger partial charge is 0.486 e. The molecule has 9 atom stereocenters. The summed E-state index contributed by atoms with van der Waals surface area (Å²) < 4.78 is 11.9. The zero-order valence-electron chi connectivity index (χ0n) is 42.7. The van der Waals surface area contributed by atoms with Crippen LogP contribution in [0, 0.1) is 78.4 Å². The van der Waals surface area contributed by atoms with Crippen molar-refractivity contribution in [2.45, 2.75) is 138 Å². The molecule has 0 bridgehead atoms. The highest BCUT2D eigenvalue weighted by atomic mass is 35.5. The number of halogens is 2. The number of carboxylic acid groups (broad SMARTS) is 2. The Hall–Kier alpha value is -5.46. The van der Waals surface area contributed by atoms with Gasteiger partial charge in [0.15, 0.2) is 11.5 Å². The molecule has 4 saturated carbocycles. The quantitative estimate of drug-likeness (QED) is 0.0639. The monoisotopic (exact) mass is 1040 g/mol. The average molecular weight is 1040 g/mol. The molecule has 12 nitrogen and oxygen atoms in total. The van der Waals surface area contributed by atoms with Crippen molar-refractivity contribution in [3.63, 3.8) is 0 Å². The summed E-state index contributed by atoms with van der Waals surface area (Å²) in [5.41, 5.74) is 2.16. The van der Waals surface area contributed by atoms with Crippen LogP contribution in [-0.2, 0) is 13.2 Å². The summed E-state index contributed by atoms with van der Waals surface area (Å²) in [6, 6.07) is 17.7. The summed E-state index contributed by atoms with van der Waals surface area (Å²) in [5.74, 6) is 3.03. The van der Waals surface area contributed by atoms with Crippen LogP contribution in [0.2, 0.25) is 10.0 Å². The van der Waals surface area contributed by atoms with E-state index in [0.29, 0.717) is 56.9 Å². The molecule has 0 aromatic heterocycles. The third kappa shape index (κ3) is 11.6. The zero-order valence-corrected chi connectivity index (χ0v) is 44.3. The first-order valence-corrected chi connectivity index (χ1v) is 27.1. The van der Waals surface area contributed by atoms with Gasteiger partial charge in [0.25, 0.3) is 11.4 Å². The number of ether oxygens (including phenoxy) is 2. The molecule has 4 aromatic carbocycles. The standard InChI is InChI=1S/C59H70Cl2N2O10/c1-35(2)10-6-11-36(3)49-20-21-50-46-19-18-42-26-37(22-24-58(42,4)51(46)23-25-59(49,50)5)12-9-17-45(40-29-47(56(64)65)54(52(60)31-40)72-33-38-13-7-15-43(27-38)62(68)69)41-30-48(57(66)67)55(53(61)32-41)73-34-39-14-8-16-44(28-39)63(70)71/h7-8,13-17,27-32,35-37,42,46,49-51H,6,9-12,18-26,33-34H2,1-5H3,(H,64,65)(H,66,67)/t36-,37+,42+,46+,49-,50+,51+,58+,59-/m1/s1. The Morgan fingerprint density at radius 1 is 0.726 bits per heavy atom. The molecule has 0 unspecified atom stereocenters. The summed E-state index contributed by atoms with van der Waals surface area (Å²) in [7, 11) is 0. The minimum Gasteiger partial charge on any atom is -0.486 e. The van der Waals surface area contributed by atoms with E-state index in [1.54, 1.807) is 24.3 Å². The number of aromatic carboxylic acids is 2. The number of allylic oxidation sites excluding steroid dienone is 1. The van der Waals surface area contributed by atoms with Gasteiger partial charge < -0.3 is 19.7 Å². The Labute approximate surface area is 439 Å². The lowest BCUT2D eigenvalue weighted by Gasteiger charge is -2.61. The number of nitro benzene ring substituents is 2. The van der Waals surface area contributed by atoms with Crippen molar-refractivity contribution in [1.82, 2.24) is 0 Å². The Balaban J connectivity index is 1.04. The van der Waals surface area contributed by atoms with Crippen LogP contribution >= 0.6 is 23.2 Å². The molecule has 14 heteroatoms. The molecule has 0 saturated heterocycles. The summed E-state index contributed by atoms with van der Waals surface area (Å²) in [6.07, 6.45) is 19.1. The van der Waals surface area contributed by atoms with Crippen LogP contribution in [0.3, 0.4) is 0 Å². The van der Waals surface area contributed by atoms with Gasteiger partial charge in [-0.1, -0.05) is 107 Å².